The smallest absolute Gasteiger partial charge is 0.218 e. The Morgan fingerprint density at radius 2 is 2.33 bits per heavy atom. The zero-order valence-electron chi connectivity index (χ0n) is 7.58. The summed E-state index contributed by atoms with van der Waals surface area (Å²) in [7, 11) is 0. The summed E-state index contributed by atoms with van der Waals surface area (Å²) in [6, 6.07) is 0. The second-order valence-electron chi connectivity index (χ2n) is 2.89. The first-order valence-electron chi connectivity index (χ1n) is 3.90. The van der Waals surface area contributed by atoms with Gasteiger partial charge < -0.3 is 0 Å². The lowest BCUT2D eigenvalue weighted by Crippen LogP contribution is -2.29. The standard InChI is InChI=1S/C8H15NO2S/c1-4-6-12-8(3,5-2)7-9(10)11/h4H,1,5-7H2,2-3H3. The molecule has 0 aromatic rings. The second-order valence-corrected chi connectivity index (χ2v) is 4.50. The summed E-state index contributed by atoms with van der Waals surface area (Å²) in [5.74, 6) is 0.776. The molecular formula is C8H15NO2S. The predicted octanol–water partition coefficient (Wildman–Crippen LogP) is 2.35. The zero-order chi connectivity index (χ0) is 9.61. The first-order valence-corrected chi connectivity index (χ1v) is 4.89. The Morgan fingerprint density at radius 1 is 1.75 bits per heavy atom. The van der Waals surface area contributed by atoms with Crippen LogP contribution in [0.4, 0.5) is 0 Å². The molecule has 0 bridgehead atoms. The number of thioether (sulfide) groups is 1. The maximum Gasteiger partial charge on any atom is 0.218 e. The van der Waals surface area contributed by atoms with Crippen LogP contribution in [0.15, 0.2) is 12.7 Å². The van der Waals surface area contributed by atoms with E-state index in [1.54, 1.807) is 17.8 Å². The van der Waals surface area contributed by atoms with Gasteiger partial charge in [-0.25, -0.2) is 0 Å². The van der Waals surface area contributed by atoms with Crippen LogP contribution in [0, 0.1) is 10.1 Å². The number of hydrogen-bond donors (Lipinski definition) is 0. The Balaban J connectivity index is 4.03. The molecule has 0 N–H and O–H groups in total. The maximum atomic E-state index is 10.3. The maximum absolute atomic E-state index is 10.3. The van der Waals surface area contributed by atoms with Gasteiger partial charge in [0.2, 0.25) is 6.54 Å². The van der Waals surface area contributed by atoms with Crippen molar-refractivity contribution in [2.24, 2.45) is 0 Å². The summed E-state index contributed by atoms with van der Waals surface area (Å²) in [4.78, 5) is 10.1. The fourth-order valence-electron chi connectivity index (χ4n) is 0.793. The fourth-order valence-corrected chi connectivity index (χ4v) is 1.71. The van der Waals surface area contributed by atoms with Crippen molar-refractivity contribution in [2.75, 3.05) is 12.3 Å². The molecule has 12 heavy (non-hydrogen) atoms. The third kappa shape index (κ3) is 4.38. The van der Waals surface area contributed by atoms with Crippen LogP contribution in [-0.2, 0) is 0 Å². The molecule has 0 aliphatic rings. The number of rotatable bonds is 6. The van der Waals surface area contributed by atoms with E-state index in [0.717, 1.165) is 12.2 Å². The van der Waals surface area contributed by atoms with Crippen LogP contribution in [0.3, 0.4) is 0 Å². The monoisotopic (exact) mass is 189 g/mol. The predicted molar refractivity (Wildman–Crippen MR) is 53.2 cm³/mol. The van der Waals surface area contributed by atoms with E-state index in [0.29, 0.717) is 0 Å². The molecule has 0 fully saturated rings. The summed E-state index contributed by atoms with van der Waals surface area (Å²) in [6.07, 6.45) is 2.59. The first-order chi connectivity index (χ1) is 5.54. The summed E-state index contributed by atoms with van der Waals surface area (Å²) in [5.41, 5.74) is 0. The molecule has 70 valence electrons. The molecule has 0 aromatic carbocycles. The normalized spacial score (nSPS) is 15.2. The first kappa shape index (κ1) is 11.5. The Labute approximate surface area is 77.4 Å². The molecule has 0 aromatic heterocycles. The SMILES string of the molecule is C=CCSC(C)(CC)C[N+](=O)[O-]. The molecule has 1 unspecified atom stereocenters. The Morgan fingerprint density at radius 3 is 2.67 bits per heavy atom. The molecule has 3 nitrogen and oxygen atoms in total. The topological polar surface area (TPSA) is 43.1 Å². The van der Waals surface area contributed by atoms with Crippen molar-refractivity contribution in [1.82, 2.24) is 0 Å². The van der Waals surface area contributed by atoms with Gasteiger partial charge in [-0.3, -0.25) is 10.1 Å². The van der Waals surface area contributed by atoms with Gasteiger partial charge in [0.25, 0.3) is 0 Å². The summed E-state index contributed by atoms with van der Waals surface area (Å²) >= 11 is 1.59. The molecule has 0 heterocycles. The van der Waals surface area contributed by atoms with E-state index in [2.05, 4.69) is 6.58 Å². The molecule has 0 saturated carbocycles. The highest BCUT2D eigenvalue weighted by molar-refractivity contribution is 8.00. The van der Waals surface area contributed by atoms with Gasteiger partial charge in [0, 0.05) is 10.7 Å². The minimum absolute atomic E-state index is 0.0298. The van der Waals surface area contributed by atoms with E-state index in [1.807, 2.05) is 13.8 Å². The molecule has 4 heteroatoms. The average Bonchev–Trinajstić information content (AvgIpc) is 2.00. The zero-order valence-corrected chi connectivity index (χ0v) is 8.39. The Kier molecular flexibility index (Phi) is 4.97. The highest BCUT2D eigenvalue weighted by Crippen LogP contribution is 2.28. The van der Waals surface area contributed by atoms with Gasteiger partial charge in [-0.2, -0.15) is 0 Å². The number of hydrogen-bond acceptors (Lipinski definition) is 3. The Bertz CT molecular complexity index is 172. The molecule has 0 saturated heterocycles. The molecule has 0 rings (SSSR count). The lowest BCUT2D eigenvalue weighted by atomic mass is 10.1. The Hall–Kier alpha value is -0.510. The summed E-state index contributed by atoms with van der Waals surface area (Å²) in [6.45, 7) is 7.51. The third-order valence-corrected chi connectivity index (χ3v) is 3.28. The van der Waals surface area contributed by atoms with Gasteiger partial charge in [-0.1, -0.05) is 13.0 Å². The van der Waals surface area contributed by atoms with Crippen LogP contribution in [0.5, 0.6) is 0 Å². The fraction of sp³-hybridized carbons (Fsp3) is 0.750. The van der Waals surface area contributed by atoms with Crippen molar-refractivity contribution in [1.29, 1.82) is 0 Å². The van der Waals surface area contributed by atoms with Crippen LogP contribution in [0.25, 0.3) is 0 Å². The van der Waals surface area contributed by atoms with Crippen LogP contribution < -0.4 is 0 Å². The minimum atomic E-state index is -0.250. The highest BCUT2D eigenvalue weighted by Gasteiger charge is 2.28. The molecule has 0 radical (unpaired) electrons. The lowest BCUT2D eigenvalue weighted by Gasteiger charge is -2.21. The van der Waals surface area contributed by atoms with Crippen LogP contribution in [0.2, 0.25) is 0 Å². The highest BCUT2D eigenvalue weighted by atomic mass is 32.2. The molecular weight excluding hydrogens is 174 g/mol. The lowest BCUT2D eigenvalue weighted by molar-refractivity contribution is -0.484. The van der Waals surface area contributed by atoms with Gasteiger partial charge in [0.05, 0.1) is 4.75 Å². The quantitative estimate of drug-likeness (QED) is 0.366. The van der Waals surface area contributed by atoms with Crippen molar-refractivity contribution in [3.63, 3.8) is 0 Å². The van der Waals surface area contributed by atoms with Gasteiger partial charge in [0.15, 0.2) is 0 Å². The van der Waals surface area contributed by atoms with E-state index in [4.69, 9.17) is 0 Å². The van der Waals surface area contributed by atoms with Crippen molar-refractivity contribution in [2.45, 2.75) is 25.0 Å². The summed E-state index contributed by atoms with van der Waals surface area (Å²) in [5, 5.41) is 10.3. The van der Waals surface area contributed by atoms with Gasteiger partial charge in [-0.05, 0) is 13.3 Å². The van der Waals surface area contributed by atoms with Crippen LogP contribution >= 0.6 is 11.8 Å². The van der Waals surface area contributed by atoms with Crippen molar-refractivity contribution >= 4 is 11.8 Å². The van der Waals surface area contributed by atoms with Gasteiger partial charge >= 0.3 is 0 Å². The largest absolute Gasteiger partial charge is 0.264 e. The summed E-state index contributed by atoms with van der Waals surface area (Å²) < 4.78 is -0.238. The van der Waals surface area contributed by atoms with Gasteiger partial charge in [-0.15, -0.1) is 18.3 Å². The van der Waals surface area contributed by atoms with E-state index < -0.39 is 0 Å². The van der Waals surface area contributed by atoms with Crippen LogP contribution in [-0.4, -0.2) is 22.0 Å². The van der Waals surface area contributed by atoms with E-state index in [-0.39, 0.29) is 16.2 Å². The van der Waals surface area contributed by atoms with Crippen molar-refractivity contribution in [3.05, 3.63) is 22.8 Å². The average molecular weight is 189 g/mol. The van der Waals surface area contributed by atoms with E-state index in [1.165, 1.54) is 0 Å². The van der Waals surface area contributed by atoms with Crippen LogP contribution in [0.1, 0.15) is 20.3 Å². The third-order valence-electron chi connectivity index (χ3n) is 1.76. The molecule has 0 aliphatic carbocycles. The second kappa shape index (κ2) is 5.19. The molecule has 0 amide bonds. The van der Waals surface area contributed by atoms with Gasteiger partial charge in [0.1, 0.15) is 0 Å². The van der Waals surface area contributed by atoms with E-state index in [9.17, 15) is 10.1 Å². The molecule has 0 spiro atoms. The number of nitro groups is 1. The van der Waals surface area contributed by atoms with Crippen molar-refractivity contribution < 1.29 is 4.92 Å². The van der Waals surface area contributed by atoms with Crippen molar-refractivity contribution in [3.8, 4) is 0 Å². The minimum Gasteiger partial charge on any atom is -0.264 e. The number of nitrogens with zero attached hydrogens (tertiary/aromatic N) is 1. The molecule has 0 aliphatic heterocycles. The van der Waals surface area contributed by atoms with E-state index >= 15 is 0 Å². The molecule has 1 atom stereocenters.